The van der Waals surface area contributed by atoms with E-state index < -0.39 is 0 Å². The van der Waals surface area contributed by atoms with E-state index >= 15 is 0 Å². The van der Waals surface area contributed by atoms with Crippen LogP contribution in [-0.4, -0.2) is 30.3 Å². The number of thioether (sulfide) groups is 1. The van der Waals surface area contributed by atoms with Gasteiger partial charge < -0.3 is 9.47 Å². The van der Waals surface area contributed by atoms with Gasteiger partial charge in [0.25, 0.3) is 5.17 Å². The number of methoxy groups -OCH3 is 2. The molecule has 7 heteroatoms. The Labute approximate surface area is 221 Å². The third kappa shape index (κ3) is 4.30. The molecule has 0 aliphatic carbocycles. The summed E-state index contributed by atoms with van der Waals surface area (Å²) < 4.78 is 10.8. The van der Waals surface area contributed by atoms with Gasteiger partial charge in [-0.15, -0.1) is 4.48 Å². The average Bonchev–Trinajstić information content (AvgIpc) is 2.94. The van der Waals surface area contributed by atoms with Crippen molar-refractivity contribution in [2.45, 2.75) is 19.6 Å². The molecular formula is C30H28N3O3S+. The summed E-state index contributed by atoms with van der Waals surface area (Å²) in [7, 11) is 3.29. The molecule has 186 valence electrons. The van der Waals surface area contributed by atoms with E-state index in [0.29, 0.717) is 22.2 Å². The van der Waals surface area contributed by atoms with Crippen molar-refractivity contribution >= 4 is 39.9 Å². The predicted octanol–water partition coefficient (Wildman–Crippen LogP) is 7.13. The van der Waals surface area contributed by atoms with Crippen molar-refractivity contribution in [2.24, 2.45) is 4.99 Å². The van der Waals surface area contributed by atoms with Gasteiger partial charge in [-0.3, -0.25) is 4.98 Å². The number of ether oxygens (including phenoxy) is 2. The molecule has 0 bridgehead atoms. The minimum Gasteiger partial charge on any atom is -0.497 e. The van der Waals surface area contributed by atoms with Crippen LogP contribution in [0.5, 0.6) is 11.5 Å². The number of carbonyl (C=O) groups excluding carboxylic acids is 1. The Morgan fingerprint density at radius 1 is 0.865 bits per heavy atom. The zero-order chi connectivity index (χ0) is 26.0. The maximum atomic E-state index is 14.6. The van der Waals surface area contributed by atoms with Crippen LogP contribution in [0.4, 0.5) is 17.1 Å². The quantitative estimate of drug-likeness (QED) is 0.258. The number of para-hydroxylation sites is 1. The molecule has 1 aliphatic heterocycles. The van der Waals surface area contributed by atoms with Crippen LogP contribution in [0.15, 0.2) is 90.1 Å². The number of aromatic nitrogens is 1. The third-order valence-electron chi connectivity index (χ3n) is 6.61. The van der Waals surface area contributed by atoms with Crippen molar-refractivity contribution in [3.8, 4) is 11.5 Å². The van der Waals surface area contributed by atoms with Crippen molar-refractivity contribution in [1.82, 2.24) is 9.47 Å². The molecule has 0 radical (unpaired) electrons. The second kappa shape index (κ2) is 10.2. The molecule has 37 heavy (non-hydrogen) atoms. The SMILES string of the molecule is COc1ccc([N+]2(c3ccccc3)C(=O)c3cc(C)ccc3N=C2SCc2nccc(OC)c2C)cc1. The zero-order valence-corrected chi connectivity index (χ0v) is 22.1. The van der Waals surface area contributed by atoms with E-state index in [0.717, 1.165) is 39.7 Å². The summed E-state index contributed by atoms with van der Waals surface area (Å²) in [6.45, 7) is 3.99. The van der Waals surface area contributed by atoms with Crippen LogP contribution < -0.4 is 14.0 Å². The molecule has 6 nitrogen and oxygen atoms in total. The number of nitrogens with zero attached hydrogens (tertiary/aromatic N) is 3. The molecule has 5 rings (SSSR count). The Morgan fingerprint density at radius 2 is 1.59 bits per heavy atom. The summed E-state index contributed by atoms with van der Waals surface area (Å²) in [4.78, 5) is 24.4. The summed E-state index contributed by atoms with van der Waals surface area (Å²) in [5.74, 6) is 1.98. The lowest BCUT2D eigenvalue weighted by Crippen LogP contribution is -2.54. The number of hydrogen-bond donors (Lipinski definition) is 0. The number of benzene rings is 3. The topological polar surface area (TPSA) is 60.8 Å². The molecule has 1 aliphatic rings. The molecule has 1 atom stereocenters. The van der Waals surface area contributed by atoms with Gasteiger partial charge >= 0.3 is 5.91 Å². The first-order chi connectivity index (χ1) is 18.0. The fraction of sp³-hybridized carbons (Fsp3) is 0.167. The van der Waals surface area contributed by atoms with E-state index in [1.165, 1.54) is 11.8 Å². The first kappa shape index (κ1) is 24.7. The first-order valence-electron chi connectivity index (χ1n) is 11.9. The lowest BCUT2D eigenvalue weighted by molar-refractivity contribution is 0.0895. The Bertz CT molecular complexity index is 1490. The van der Waals surface area contributed by atoms with Gasteiger partial charge in [0.15, 0.2) is 11.4 Å². The minimum absolute atomic E-state index is 0.0529. The highest BCUT2D eigenvalue weighted by molar-refractivity contribution is 8.13. The molecule has 0 saturated heterocycles. The van der Waals surface area contributed by atoms with Gasteiger partial charge in [0, 0.05) is 41.8 Å². The van der Waals surface area contributed by atoms with Crippen molar-refractivity contribution in [3.05, 3.63) is 107 Å². The second-order valence-electron chi connectivity index (χ2n) is 8.80. The smallest absolute Gasteiger partial charge is 0.365 e. The average molecular weight is 511 g/mol. The molecule has 1 amide bonds. The van der Waals surface area contributed by atoms with E-state index in [-0.39, 0.29) is 10.4 Å². The Kier molecular flexibility index (Phi) is 6.82. The summed E-state index contributed by atoms with van der Waals surface area (Å²) >= 11 is 1.51. The monoisotopic (exact) mass is 510 g/mol. The number of pyridine rings is 1. The maximum Gasteiger partial charge on any atom is 0.365 e. The molecule has 0 N–H and O–H groups in total. The summed E-state index contributed by atoms with van der Waals surface area (Å²) in [5, 5.41) is 0.654. The summed E-state index contributed by atoms with van der Waals surface area (Å²) in [6, 6.07) is 25.2. The van der Waals surface area contributed by atoms with E-state index in [1.54, 1.807) is 20.4 Å². The Morgan fingerprint density at radius 3 is 2.30 bits per heavy atom. The Balaban J connectivity index is 1.73. The zero-order valence-electron chi connectivity index (χ0n) is 21.3. The van der Waals surface area contributed by atoms with Gasteiger partial charge in [-0.1, -0.05) is 29.8 Å². The number of fused-ring (bicyclic) bond motifs is 1. The number of amidine groups is 1. The highest BCUT2D eigenvalue weighted by atomic mass is 32.2. The lowest BCUT2D eigenvalue weighted by atomic mass is 10.0. The van der Waals surface area contributed by atoms with Crippen LogP contribution >= 0.6 is 11.8 Å². The van der Waals surface area contributed by atoms with Crippen LogP contribution in [0.3, 0.4) is 0 Å². The number of hydrogen-bond acceptors (Lipinski definition) is 6. The fourth-order valence-electron chi connectivity index (χ4n) is 4.61. The van der Waals surface area contributed by atoms with Gasteiger partial charge in [-0.05, 0) is 55.9 Å². The summed E-state index contributed by atoms with van der Waals surface area (Å²) in [6.07, 6.45) is 1.75. The predicted molar refractivity (Wildman–Crippen MR) is 150 cm³/mol. The molecule has 0 spiro atoms. The fourth-order valence-corrected chi connectivity index (χ4v) is 5.82. The standard InChI is InChI=1S/C30H28N3O3S/c1-20-10-15-26-25(18-20)29(34)33(22-8-6-5-7-9-22,23-11-13-24(35-3)14-12-23)30(32-26)37-19-27-21(2)28(36-4)16-17-31-27/h5-18H,19H2,1-4H3/q+1. The molecule has 0 saturated carbocycles. The number of rotatable bonds is 6. The number of aliphatic imine (C=N–C) groups is 1. The van der Waals surface area contributed by atoms with Gasteiger partial charge in [-0.25, -0.2) is 4.79 Å². The molecular weight excluding hydrogens is 482 g/mol. The van der Waals surface area contributed by atoms with Gasteiger partial charge in [0.1, 0.15) is 17.1 Å². The summed E-state index contributed by atoms with van der Waals surface area (Å²) in [5.41, 5.74) is 5.73. The molecule has 2 heterocycles. The van der Waals surface area contributed by atoms with E-state index in [2.05, 4.69) is 4.98 Å². The van der Waals surface area contributed by atoms with Crippen molar-refractivity contribution < 1.29 is 14.3 Å². The highest BCUT2D eigenvalue weighted by Crippen LogP contribution is 2.46. The van der Waals surface area contributed by atoms with Gasteiger partial charge in [0.2, 0.25) is 0 Å². The van der Waals surface area contributed by atoms with Crippen molar-refractivity contribution in [1.29, 1.82) is 0 Å². The van der Waals surface area contributed by atoms with Gasteiger partial charge in [0.05, 0.1) is 25.6 Å². The van der Waals surface area contributed by atoms with E-state index in [9.17, 15) is 4.79 Å². The molecule has 3 aromatic carbocycles. The second-order valence-corrected chi connectivity index (χ2v) is 9.74. The first-order valence-corrected chi connectivity index (χ1v) is 12.9. The maximum absolute atomic E-state index is 14.6. The van der Waals surface area contributed by atoms with Crippen molar-refractivity contribution in [3.63, 3.8) is 0 Å². The minimum atomic E-state index is -0.158. The van der Waals surface area contributed by atoms with E-state index in [1.807, 2.05) is 92.7 Å². The van der Waals surface area contributed by atoms with Crippen molar-refractivity contribution in [2.75, 3.05) is 14.2 Å². The molecule has 4 aromatic rings. The lowest BCUT2D eigenvalue weighted by Gasteiger charge is -2.37. The van der Waals surface area contributed by atoms with E-state index in [4.69, 9.17) is 14.5 Å². The number of carbonyl (C=O) groups is 1. The highest BCUT2D eigenvalue weighted by Gasteiger charge is 2.51. The number of amides is 1. The number of quaternary nitrogens is 1. The number of aryl methyl sites for hydroxylation is 1. The van der Waals surface area contributed by atoms with Crippen LogP contribution in [-0.2, 0) is 5.75 Å². The molecule has 1 unspecified atom stereocenters. The molecule has 0 fully saturated rings. The Hall–Kier alpha value is -3.94. The largest absolute Gasteiger partial charge is 0.497 e. The third-order valence-corrected chi connectivity index (χ3v) is 7.65. The van der Waals surface area contributed by atoms with Crippen LogP contribution in [0.2, 0.25) is 0 Å². The van der Waals surface area contributed by atoms with Crippen LogP contribution in [0, 0.1) is 13.8 Å². The van der Waals surface area contributed by atoms with Crippen LogP contribution in [0.1, 0.15) is 27.2 Å². The van der Waals surface area contributed by atoms with Crippen LogP contribution in [0.25, 0.3) is 0 Å². The molecule has 1 aromatic heterocycles. The van der Waals surface area contributed by atoms with Gasteiger partial charge in [-0.2, -0.15) is 4.99 Å². The normalized spacial score (nSPS) is 16.6.